The summed E-state index contributed by atoms with van der Waals surface area (Å²) >= 11 is 0. The molecule has 0 atom stereocenters. The molecule has 0 spiro atoms. The highest BCUT2D eigenvalue weighted by Gasteiger charge is 2.19. The van der Waals surface area contributed by atoms with Gasteiger partial charge in [0, 0.05) is 44.0 Å². The summed E-state index contributed by atoms with van der Waals surface area (Å²) < 4.78 is 0. The van der Waals surface area contributed by atoms with Gasteiger partial charge in [0.05, 0.1) is 18.6 Å². The Bertz CT molecular complexity index is 1040. The van der Waals surface area contributed by atoms with E-state index in [0.717, 1.165) is 49.6 Å². The van der Waals surface area contributed by atoms with Gasteiger partial charge in [0.15, 0.2) is 0 Å². The molecule has 1 amide bonds. The molecule has 2 heterocycles. The minimum absolute atomic E-state index is 0.0488. The van der Waals surface area contributed by atoms with Gasteiger partial charge >= 0.3 is 0 Å². The molecular formula is C26H33N5O. The zero-order chi connectivity index (χ0) is 22.5. The molecule has 0 saturated carbocycles. The molecule has 1 aromatic heterocycles. The first-order valence-corrected chi connectivity index (χ1v) is 11.3. The van der Waals surface area contributed by atoms with Gasteiger partial charge in [0.1, 0.15) is 0 Å². The second kappa shape index (κ2) is 10.1. The number of hydrogen-bond donors (Lipinski definition) is 1. The predicted octanol–water partition coefficient (Wildman–Crippen LogP) is 3.48. The molecule has 4 rings (SSSR count). The molecule has 3 aromatic rings. The highest BCUT2D eigenvalue weighted by molar-refractivity contribution is 5.94. The van der Waals surface area contributed by atoms with Gasteiger partial charge in [-0.25, -0.2) is 4.98 Å². The van der Waals surface area contributed by atoms with Gasteiger partial charge in [-0.05, 0) is 56.3 Å². The normalized spacial score (nSPS) is 13.9. The summed E-state index contributed by atoms with van der Waals surface area (Å²) in [4.78, 5) is 27.2. The van der Waals surface area contributed by atoms with Gasteiger partial charge in [-0.3, -0.25) is 9.69 Å². The average molecular weight is 432 g/mol. The molecule has 0 radical (unpaired) electrons. The minimum Gasteiger partial charge on any atom is -0.348 e. The fraction of sp³-hybridized carbons (Fsp3) is 0.385. The Morgan fingerprint density at radius 2 is 1.81 bits per heavy atom. The highest BCUT2D eigenvalue weighted by Crippen LogP contribution is 2.20. The Balaban J connectivity index is 1.42. The number of aryl methyl sites for hydroxylation is 1. The number of likely N-dealkylation sites (N-methyl/N-ethyl adjacent to an activating group) is 1. The van der Waals surface area contributed by atoms with Crippen molar-refractivity contribution in [1.29, 1.82) is 0 Å². The third-order valence-electron chi connectivity index (χ3n) is 6.20. The largest absolute Gasteiger partial charge is 0.348 e. The van der Waals surface area contributed by atoms with Crippen molar-refractivity contribution in [3.05, 3.63) is 88.5 Å². The summed E-state index contributed by atoms with van der Waals surface area (Å²) in [6.45, 7) is 6.93. The molecular weight excluding hydrogens is 398 g/mol. The van der Waals surface area contributed by atoms with Crippen LogP contribution in [0.4, 0.5) is 0 Å². The van der Waals surface area contributed by atoms with Crippen LogP contribution < -0.4 is 0 Å². The lowest BCUT2D eigenvalue weighted by Gasteiger charge is -2.28. The van der Waals surface area contributed by atoms with Crippen molar-refractivity contribution >= 4 is 5.91 Å². The van der Waals surface area contributed by atoms with Crippen molar-refractivity contribution in [2.45, 2.75) is 33.0 Å². The number of nitrogens with one attached hydrogen (secondary N) is 1. The molecule has 6 nitrogen and oxygen atoms in total. The second-order valence-corrected chi connectivity index (χ2v) is 8.93. The van der Waals surface area contributed by atoms with Crippen LogP contribution >= 0.6 is 0 Å². The first-order chi connectivity index (χ1) is 15.5. The summed E-state index contributed by atoms with van der Waals surface area (Å²) in [5.74, 6) is 0.0488. The molecule has 2 aromatic carbocycles. The number of imidazole rings is 1. The highest BCUT2D eigenvalue weighted by atomic mass is 16.2. The number of carbonyl (C=O) groups excluding carboxylic acids is 1. The lowest BCUT2D eigenvalue weighted by Crippen LogP contribution is -2.36. The number of nitrogens with zero attached hydrogens (tertiary/aromatic N) is 4. The number of rotatable bonds is 8. The van der Waals surface area contributed by atoms with E-state index in [2.05, 4.69) is 56.2 Å². The Labute approximate surface area is 190 Å². The number of H-pyrrole nitrogens is 1. The van der Waals surface area contributed by atoms with Crippen LogP contribution in [-0.4, -0.2) is 64.3 Å². The van der Waals surface area contributed by atoms with Gasteiger partial charge in [-0.2, -0.15) is 0 Å². The number of benzene rings is 2. The molecule has 0 unspecified atom stereocenters. The van der Waals surface area contributed by atoms with Crippen molar-refractivity contribution in [2.75, 3.05) is 33.7 Å². The number of amides is 1. The maximum Gasteiger partial charge on any atom is 0.254 e. The van der Waals surface area contributed by atoms with Crippen LogP contribution in [0.25, 0.3) is 0 Å². The van der Waals surface area contributed by atoms with Crippen LogP contribution in [0.1, 0.15) is 38.4 Å². The molecule has 32 heavy (non-hydrogen) atoms. The summed E-state index contributed by atoms with van der Waals surface area (Å²) in [6.07, 6.45) is 2.78. The maximum absolute atomic E-state index is 13.3. The molecule has 0 bridgehead atoms. The Morgan fingerprint density at radius 1 is 1.06 bits per heavy atom. The van der Waals surface area contributed by atoms with Gasteiger partial charge in [-0.1, -0.05) is 36.4 Å². The van der Waals surface area contributed by atoms with E-state index in [0.29, 0.717) is 13.1 Å². The van der Waals surface area contributed by atoms with E-state index in [9.17, 15) is 4.79 Å². The van der Waals surface area contributed by atoms with Crippen LogP contribution in [-0.2, 0) is 26.1 Å². The van der Waals surface area contributed by atoms with Crippen molar-refractivity contribution < 1.29 is 4.79 Å². The number of aromatic nitrogens is 2. The van der Waals surface area contributed by atoms with Gasteiger partial charge in [0.25, 0.3) is 5.91 Å². The first kappa shape index (κ1) is 22.2. The molecule has 1 aliphatic rings. The molecule has 168 valence electrons. The molecule has 0 fully saturated rings. The predicted molar refractivity (Wildman–Crippen MR) is 127 cm³/mol. The number of fused-ring (bicyclic) bond motifs is 1. The summed E-state index contributed by atoms with van der Waals surface area (Å²) in [6, 6.07) is 16.8. The van der Waals surface area contributed by atoms with E-state index >= 15 is 0 Å². The van der Waals surface area contributed by atoms with Crippen molar-refractivity contribution in [2.24, 2.45) is 0 Å². The second-order valence-electron chi connectivity index (χ2n) is 8.93. The fourth-order valence-electron chi connectivity index (χ4n) is 4.18. The third-order valence-corrected chi connectivity index (χ3v) is 6.20. The van der Waals surface area contributed by atoms with Crippen LogP contribution in [0, 0.1) is 6.92 Å². The Morgan fingerprint density at radius 3 is 2.50 bits per heavy atom. The molecule has 0 aliphatic carbocycles. The lowest BCUT2D eigenvalue weighted by molar-refractivity contribution is 0.0729. The van der Waals surface area contributed by atoms with Crippen molar-refractivity contribution in [3.8, 4) is 0 Å². The zero-order valence-electron chi connectivity index (χ0n) is 19.3. The quantitative estimate of drug-likeness (QED) is 0.593. The zero-order valence-corrected chi connectivity index (χ0v) is 19.3. The fourth-order valence-corrected chi connectivity index (χ4v) is 4.18. The third kappa shape index (κ3) is 5.44. The monoisotopic (exact) mass is 431 g/mol. The SMILES string of the molecule is Cc1[nH]cnc1CN(CCN(C)C)C(=O)c1ccc(CN2CCc3ccccc3C2)cc1. The number of aromatic amines is 1. The minimum atomic E-state index is 0.0488. The first-order valence-electron chi connectivity index (χ1n) is 11.3. The lowest BCUT2D eigenvalue weighted by atomic mass is 9.99. The molecule has 1 aliphatic heterocycles. The van der Waals surface area contributed by atoms with Crippen molar-refractivity contribution in [1.82, 2.24) is 24.7 Å². The van der Waals surface area contributed by atoms with Crippen LogP contribution in [0.5, 0.6) is 0 Å². The number of carbonyl (C=O) groups is 1. The van der Waals surface area contributed by atoms with Crippen molar-refractivity contribution in [3.63, 3.8) is 0 Å². The van der Waals surface area contributed by atoms with Crippen LogP contribution in [0.3, 0.4) is 0 Å². The summed E-state index contributed by atoms with van der Waals surface area (Å²) in [5, 5.41) is 0. The molecule has 6 heteroatoms. The van der Waals surface area contributed by atoms with E-state index < -0.39 is 0 Å². The average Bonchev–Trinajstić information content (AvgIpc) is 3.20. The van der Waals surface area contributed by atoms with E-state index in [1.54, 1.807) is 6.33 Å². The van der Waals surface area contributed by atoms with Crippen LogP contribution in [0.15, 0.2) is 54.9 Å². The van der Waals surface area contributed by atoms with E-state index in [1.807, 2.05) is 38.1 Å². The van der Waals surface area contributed by atoms with E-state index in [4.69, 9.17) is 0 Å². The molecule has 1 N–H and O–H groups in total. The van der Waals surface area contributed by atoms with Crippen LogP contribution in [0.2, 0.25) is 0 Å². The topological polar surface area (TPSA) is 55.5 Å². The molecule has 0 saturated heterocycles. The standard InChI is InChI=1S/C26H33N5O/c1-20-25(28-19-27-20)18-31(15-14-29(2)3)26(32)23-10-8-21(9-11-23)16-30-13-12-22-6-4-5-7-24(22)17-30/h4-11,19H,12-18H2,1-3H3,(H,27,28). The number of hydrogen-bond acceptors (Lipinski definition) is 4. The summed E-state index contributed by atoms with van der Waals surface area (Å²) in [5.41, 5.74) is 6.78. The van der Waals surface area contributed by atoms with E-state index in [-0.39, 0.29) is 5.91 Å². The van der Waals surface area contributed by atoms with Gasteiger partial charge < -0.3 is 14.8 Å². The van der Waals surface area contributed by atoms with Gasteiger partial charge in [0.2, 0.25) is 0 Å². The maximum atomic E-state index is 13.3. The smallest absolute Gasteiger partial charge is 0.254 e. The summed E-state index contributed by atoms with van der Waals surface area (Å²) in [7, 11) is 4.05. The Hall–Kier alpha value is -2.96. The van der Waals surface area contributed by atoms with E-state index in [1.165, 1.54) is 16.7 Å². The Kier molecular flexibility index (Phi) is 7.02. The van der Waals surface area contributed by atoms with Gasteiger partial charge in [-0.15, -0.1) is 0 Å².